The van der Waals surface area contributed by atoms with E-state index in [1.165, 1.54) is 4.90 Å². The molecule has 5 heteroatoms. The number of nitrogens with one attached hydrogen (secondary N) is 1. The monoisotopic (exact) mass is 241 g/mol. The Morgan fingerprint density at radius 1 is 1.35 bits per heavy atom. The van der Waals surface area contributed by atoms with Gasteiger partial charge in [-0.3, -0.25) is 9.59 Å². The van der Waals surface area contributed by atoms with Crippen LogP contribution in [0.3, 0.4) is 0 Å². The van der Waals surface area contributed by atoms with Crippen molar-refractivity contribution in [3.63, 3.8) is 0 Å². The molecule has 0 saturated heterocycles. The Balaban J connectivity index is 2.53. The van der Waals surface area contributed by atoms with Crippen molar-refractivity contribution < 1.29 is 9.59 Å². The standard InChI is InChI=1S/C12H23N3O2/c1-8-4-9(6-10(13)5-8)12(17)15(3)7-11(16)14-2/h8-10H,4-7,13H2,1-3H3,(H,14,16). The second-order valence-electron chi connectivity index (χ2n) is 5.14. The highest BCUT2D eigenvalue weighted by Crippen LogP contribution is 2.29. The van der Waals surface area contributed by atoms with E-state index in [9.17, 15) is 9.59 Å². The molecule has 3 N–H and O–H groups in total. The molecule has 0 heterocycles. The summed E-state index contributed by atoms with van der Waals surface area (Å²) in [5.41, 5.74) is 5.93. The third kappa shape index (κ3) is 4.00. The number of likely N-dealkylation sites (N-methyl/N-ethyl adjacent to an activating group) is 2. The molecule has 0 bridgehead atoms. The Labute approximate surface area is 103 Å². The number of rotatable bonds is 3. The van der Waals surface area contributed by atoms with E-state index in [1.54, 1.807) is 14.1 Å². The molecular formula is C12H23N3O2. The molecular weight excluding hydrogens is 218 g/mol. The first-order chi connectivity index (χ1) is 7.93. The third-order valence-corrected chi connectivity index (χ3v) is 3.36. The zero-order valence-corrected chi connectivity index (χ0v) is 10.9. The van der Waals surface area contributed by atoms with Crippen LogP contribution in [0.15, 0.2) is 0 Å². The van der Waals surface area contributed by atoms with Gasteiger partial charge in [-0.1, -0.05) is 6.92 Å². The first kappa shape index (κ1) is 14.0. The van der Waals surface area contributed by atoms with Crippen molar-refractivity contribution in [1.82, 2.24) is 10.2 Å². The lowest BCUT2D eigenvalue weighted by molar-refractivity contribution is -0.139. The molecule has 0 aromatic heterocycles. The summed E-state index contributed by atoms with van der Waals surface area (Å²) in [5, 5.41) is 2.51. The second kappa shape index (κ2) is 6.00. The van der Waals surface area contributed by atoms with E-state index in [4.69, 9.17) is 5.73 Å². The highest BCUT2D eigenvalue weighted by atomic mass is 16.2. The minimum Gasteiger partial charge on any atom is -0.358 e. The van der Waals surface area contributed by atoms with Gasteiger partial charge in [-0.2, -0.15) is 0 Å². The average Bonchev–Trinajstić information content (AvgIpc) is 2.26. The number of nitrogens with zero attached hydrogens (tertiary/aromatic N) is 1. The van der Waals surface area contributed by atoms with E-state index in [2.05, 4.69) is 12.2 Å². The number of nitrogens with two attached hydrogens (primary N) is 1. The largest absolute Gasteiger partial charge is 0.358 e. The minimum absolute atomic E-state index is 0.0246. The Morgan fingerprint density at radius 2 is 2.00 bits per heavy atom. The summed E-state index contributed by atoms with van der Waals surface area (Å²) >= 11 is 0. The summed E-state index contributed by atoms with van der Waals surface area (Å²) in [5.74, 6) is 0.356. The molecule has 2 amide bonds. The fourth-order valence-electron chi connectivity index (χ4n) is 2.54. The van der Waals surface area contributed by atoms with Crippen LogP contribution >= 0.6 is 0 Å². The molecule has 0 radical (unpaired) electrons. The molecule has 3 unspecified atom stereocenters. The van der Waals surface area contributed by atoms with Gasteiger partial charge in [0.05, 0.1) is 6.54 Å². The molecule has 1 aliphatic carbocycles. The molecule has 1 fully saturated rings. The lowest BCUT2D eigenvalue weighted by atomic mass is 9.79. The summed E-state index contributed by atoms with van der Waals surface area (Å²) in [6, 6.07) is 0.112. The van der Waals surface area contributed by atoms with Crippen LogP contribution < -0.4 is 11.1 Å². The number of carbonyl (C=O) groups is 2. The van der Waals surface area contributed by atoms with Crippen LogP contribution in [0, 0.1) is 11.8 Å². The molecule has 1 saturated carbocycles. The first-order valence-electron chi connectivity index (χ1n) is 6.15. The maximum atomic E-state index is 12.1. The predicted molar refractivity (Wildman–Crippen MR) is 66.2 cm³/mol. The maximum Gasteiger partial charge on any atom is 0.239 e. The van der Waals surface area contributed by atoms with Gasteiger partial charge in [0.15, 0.2) is 0 Å². The van der Waals surface area contributed by atoms with Crippen LogP contribution in [-0.4, -0.2) is 43.4 Å². The first-order valence-corrected chi connectivity index (χ1v) is 6.15. The Morgan fingerprint density at radius 3 is 2.53 bits per heavy atom. The van der Waals surface area contributed by atoms with Gasteiger partial charge in [0.1, 0.15) is 0 Å². The fraction of sp³-hybridized carbons (Fsp3) is 0.833. The van der Waals surface area contributed by atoms with Crippen molar-refractivity contribution in [2.24, 2.45) is 17.6 Å². The van der Waals surface area contributed by atoms with Crippen molar-refractivity contribution in [2.75, 3.05) is 20.6 Å². The molecule has 1 rings (SSSR count). The summed E-state index contributed by atoms with van der Waals surface area (Å²) in [6.45, 7) is 2.24. The van der Waals surface area contributed by atoms with Gasteiger partial charge in [0.2, 0.25) is 11.8 Å². The molecule has 0 aromatic rings. The van der Waals surface area contributed by atoms with Crippen molar-refractivity contribution in [2.45, 2.75) is 32.2 Å². The van der Waals surface area contributed by atoms with Gasteiger partial charge in [-0.05, 0) is 25.2 Å². The van der Waals surface area contributed by atoms with Gasteiger partial charge in [0, 0.05) is 26.1 Å². The Hall–Kier alpha value is -1.10. The van der Waals surface area contributed by atoms with Gasteiger partial charge in [0.25, 0.3) is 0 Å². The van der Waals surface area contributed by atoms with Crippen LogP contribution in [0.25, 0.3) is 0 Å². The van der Waals surface area contributed by atoms with E-state index in [-0.39, 0.29) is 30.3 Å². The molecule has 3 atom stereocenters. The van der Waals surface area contributed by atoms with Crippen LogP contribution in [0.4, 0.5) is 0 Å². The SMILES string of the molecule is CNC(=O)CN(C)C(=O)C1CC(C)CC(N)C1. The second-order valence-corrected chi connectivity index (χ2v) is 5.14. The van der Waals surface area contributed by atoms with Crippen LogP contribution in [0.2, 0.25) is 0 Å². The smallest absolute Gasteiger partial charge is 0.239 e. The average molecular weight is 241 g/mol. The zero-order valence-electron chi connectivity index (χ0n) is 10.9. The van der Waals surface area contributed by atoms with E-state index in [1.807, 2.05) is 0 Å². The van der Waals surface area contributed by atoms with Gasteiger partial charge < -0.3 is 16.0 Å². The van der Waals surface area contributed by atoms with E-state index < -0.39 is 0 Å². The highest BCUT2D eigenvalue weighted by Gasteiger charge is 2.31. The topological polar surface area (TPSA) is 75.4 Å². The van der Waals surface area contributed by atoms with Crippen molar-refractivity contribution >= 4 is 11.8 Å². The normalized spacial score (nSPS) is 28.6. The maximum absolute atomic E-state index is 12.1. The molecule has 98 valence electrons. The van der Waals surface area contributed by atoms with E-state index in [0.29, 0.717) is 5.92 Å². The van der Waals surface area contributed by atoms with E-state index >= 15 is 0 Å². The number of hydrogen-bond acceptors (Lipinski definition) is 3. The molecule has 0 aliphatic heterocycles. The third-order valence-electron chi connectivity index (χ3n) is 3.36. The Bertz CT molecular complexity index is 283. The van der Waals surface area contributed by atoms with Crippen LogP contribution in [0.5, 0.6) is 0 Å². The highest BCUT2D eigenvalue weighted by molar-refractivity contribution is 5.85. The lowest BCUT2D eigenvalue weighted by Gasteiger charge is -2.32. The molecule has 0 aromatic carbocycles. The Kier molecular flexibility index (Phi) is 4.93. The predicted octanol–water partition coefficient (Wildman–Crippen LogP) is -0.0457. The van der Waals surface area contributed by atoms with Crippen molar-refractivity contribution in [3.8, 4) is 0 Å². The summed E-state index contributed by atoms with van der Waals surface area (Å²) in [7, 11) is 3.24. The fourth-order valence-corrected chi connectivity index (χ4v) is 2.54. The number of carbonyl (C=O) groups excluding carboxylic acids is 2. The zero-order chi connectivity index (χ0) is 13.0. The van der Waals surface area contributed by atoms with E-state index in [0.717, 1.165) is 19.3 Å². The molecule has 1 aliphatic rings. The van der Waals surface area contributed by atoms with Gasteiger partial charge >= 0.3 is 0 Å². The van der Waals surface area contributed by atoms with Crippen molar-refractivity contribution in [1.29, 1.82) is 0 Å². The van der Waals surface area contributed by atoms with Gasteiger partial charge in [-0.15, -0.1) is 0 Å². The lowest BCUT2D eigenvalue weighted by Crippen LogP contribution is -2.44. The molecule has 0 spiro atoms. The number of amides is 2. The van der Waals surface area contributed by atoms with Crippen molar-refractivity contribution in [3.05, 3.63) is 0 Å². The quantitative estimate of drug-likeness (QED) is 0.727. The summed E-state index contributed by atoms with van der Waals surface area (Å²) in [6.07, 6.45) is 2.61. The molecule has 5 nitrogen and oxygen atoms in total. The molecule has 17 heavy (non-hydrogen) atoms. The van der Waals surface area contributed by atoms with Crippen LogP contribution in [0.1, 0.15) is 26.2 Å². The summed E-state index contributed by atoms with van der Waals surface area (Å²) < 4.78 is 0. The summed E-state index contributed by atoms with van der Waals surface area (Å²) in [4.78, 5) is 24.8. The number of hydrogen-bond donors (Lipinski definition) is 2. The van der Waals surface area contributed by atoms with Crippen LogP contribution in [-0.2, 0) is 9.59 Å². The minimum atomic E-state index is -0.144. The van der Waals surface area contributed by atoms with Gasteiger partial charge in [-0.25, -0.2) is 0 Å².